The maximum Gasteiger partial charge on any atom is 0.124 e. The normalized spacial score (nSPS) is 26.0. The first-order chi connectivity index (χ1) is 18.0. The van der Waals surface area contributed by atoms with Crippen LogP contribution in [0.15, 0.2) is 48.8 Å². The second-order valence-electron chi connectivity index (χ2n) is 11.0. The van der Waals surface area contributed by atoms with Gasteiger partial charge in [0, 0.05) is 17.2 Å². The lowest BCUT2D eigenvalue weighted by Crippen LogP contribution is -2.24. The Hall–Kier alpha value is -3.62. The van der Waals surface area contributed by atoms with Crippen molar-refractivity contribution in [1.82, 2.24) is 40.5 Å². The first-order valence-corrected chi connectivity index (χ1v) is 13.3. The molecule has 0 bridgehead atoms. The molecule has 3 aromatic heterocycles. The molecule has 0 amide bonds. The molecular weight excluding hydrogens is 460 g/mol. The van der Waals surface area contributed by atoms with E-state index in [2.05, 4.69) is 76.7 Å². The predicted molar refractivity (Wildman–Crippen MR) is 146 cm³/mol. The van der Waals surface area contributed by atoms with Crippen LogP contribution in [0.4, 0.5) is 0 Å². The van der Waals surface area contributed by atoms with Gasteiger partial charge in [-0.05, 0) is 62.4 Å². The van der Waals surface area contributed by atoms with Crippen LogP contribution >= 0.6 is 0 Å². The Bertz CT molecular complexity index is 1590. The van der Waals surface area contributed by atoms with Gasteiger partial charge in [0.25, 0.3) is 0 Å². The lowest BCUT2D eigenvalue weighted by Gasteiger charge is -2.08. The van der Waals surface area contributed by atoms with E-state index in [-0.39, 0.29) is 6.04 Å². The molecule has 5 atom stereocenters. The van der Waals surface area contributed by atoms with Gasteiger partial charge < -0.3 is 20.6 Å². The molecule has 0 unspecified atom stereocenters. The van der Waals surface area contributed by atoms with Crippen molar-refractivity contribution in [3.8, 4) is 22.5 Å². The zero-order chi connectivity index (χ0) is 25.1. The molecule has 2 aliphatic rings. The number of hydrogen-bond acceptors (Lipinski definition) is 6. The van der Waals surface area contributed by atoms with Crippen LogP contribution in [0.3, 0.4) is 0 Å². The predicted octanol–water partition coefficient (Wildman–Crippen LogP) is 5.29. The molecule has 2 aliphatic heterocycles. The number of rotatable bonds is 4. The molecule has 188 valence electrons. The smallest absolute Gasteiger partial charge is 0.124 e. The maximum absolute atomic E-state index is 4.92. The van der Waals surface area contributed by atoms with Crippen molar-refractivity contribution in [1.29, 1.82) is 0 Å². The van der Waals surface area contributed by atoms with E-state index in [1.165, 1.54) is 0 Å². The van der Waals surface area contributed by atoms with Gasteiger partial charge in [-0.2, -0.15) is 0 Å². The van der Waals surface area contributed by atoms with Gasteiger partial charge in [0.15, 0.2) is 0 Å². The highest BCUT2D eigenvalue weighted by Gasteiger charge is 2.30. The summed E-state index contributed by atoms with van der Waals surface area (Å²) >= 11 is 0. The highest BCUT2D eigenvalue weighted by Crippen LogP contribution is 2.32. The highest BCUT2D eigenvalue weighted by atomic mass is 15.1. The summed E-state index contributed by atoms with van der Waals surface area (Å²) in [5.41, 5.74) is 7.69. The third kappa shape index (κ3) is 4.10. The van der Waals surface area contributed by atoms with Crippen LogP contribution in [-0.4, -0.2) is 42.5 Å². The minimum atomic E-state index is 0.277. The molecule has 0 saturated carbocycles. The van der Waals surface area contributed by atoms with Gasteiger partial charge in [0.1, 0.15) is 11.6 Å². The number of imidazole rings is 2. The Morgan fingerprint density at radius 1 is 0.757 bits per heavy atom. The topological polar surface area (TPSA) is 107 Å². The molecule has 7 rings (SSSR count). The molecule has 2 aromatic carbocycles. The Morgan fingerprint density at radius 3 is 2.43 bits per heavy atom. The van der Waals surface area contributed by atoms with Gasteiger partial charge in [0.2, 0.25) is 0 Å². The number of aromatic nitrogens is 6. The van der Waals surface area contributed by atoms with E-state index in [0.717, 1.165) is 75.6 Å². The SMILES string of the molecule is C[C@H]1CN[C@H](c2ncc(-c3ccc4nc(-c5ccc6nc([C@@H]7C[C@@H](C)[C@@H](C)N7)[nH]c6c5)cnc4c3)[nH]2)C1. The average Bonchev–Trinajstić information content (AvgIpc) is 3.70. The van der Waals surface area contributed by atoms with Gasteiger partial charge in [0.05, 0.1) is 57.9 Å². The zero-order valence-electron chi connectivity index (χ0n) is 21.4. The Labute approximate surface area is 215 Å². The standard InChI is InChI=1S/C29H32N8/c1-15-8-24(30-12-15)28-32-14-27(37-28)18-4-6-20-22(10-18)31-13-26(34-20)19-5-7-21-23(11-19)36-29(35-21)25-9-16(2)17(3)33-25/h4-7,10-11,13-17,24-25,30,33H,8-9,12H2,1-3H3,(H,32,37)(H,35,36)/t15-,16-,17-,24+,25+/m1/s1. The number of fused-ring (bicyclic) bond motifs is 2. The highest BCUT2D eigenvalue weighted by molar-refractivity contribution is 5.85. The zero-order valence-corrected chi connectivity index (χ0v) is 21.4. The van der Waals surface area contributed by atoms with Gasteiger partial charge in [-0.3, -0.25) is 4.98 Å². The largest absolute Gasteiger partial charge is 0.341 e. The molecule has 2 saturated heterocycles. The molecule has 5 heterocycles. The maximum atomic E-state index is 4.92. The van der Waals surface area contributed by atoms with Crippen molar-refractivity contribution in [2.45, 2.75) is 51.7 Å². The van der Waals surface area contributed by atoms with Crippen LogP contribution in [-0.2, 0) is 0 Å². The van der Waals surface area contributed by atoms with Crippen molar-refractivity contribution >= 4 is 22.1 Å². The molecule has 0 aliphatic carbocycles. The number of nitrogens with one attached hydrogen (secondary N) is 4. The van der Waals surface area contributed by atoms with Crippen molar-refractivity contribution < 1.29 is 0 Å². The lowest BCUT2D eigenvalue weighted by atomic mass is 10.0. The van der Waals surface area contributed by atoms with E-state index in [4.69, 9.17) is 15.0 Å². The third-order valence-electron chi connectivity index (χ3n) is 8.18. The van der Waals surface area contributed by atoms with E-state index < -0.39 is 0 Å². The number of benzene rings is 2. The average molecular weight is 493 g/mol. The summed E-state index contributed by atoms with van der Waals surface area (Å²) in [5, 5.41) is 7.20. The van der Waals surface area contributed by atoms with E-state index >= 15 is 0 Å². The molecule has 0 radical (unpaired) electrons. The quantitative estimate of drug-likeness (QED) is 0.271. The summed E-state index contributed by atoms with van der Waals surface area (Å²) in [4.78, 5) is 26.2. The van der Waals surface area contributed by atoms with E-state index in [0.29, 0.717) is 23.9 Å². The van der Waals surface area contributed by atoms with Gasteiger partial charge in [-0.1, -0.05) is 26.0 Å². The minimum Gasteiger partial charge on any atom is -0.341 e. The summed E-state index contributed by atoms with van der Waals surface area (Å²) in [6, 6.07) is 13.6. The summed E-state index contributed by atoms with van der Waals surface area (Å²) in [6.45, 7) is 7.85. The number of hydrogen-bond donors (Lipinski definition) is 4. The van der Waals surface area contributed by atoms with E-state index in [1.807, 2.05) is 18.5 Å². The molecule has 4 N–H and O–H groups in total. The van der Waals surface area contributed by atoms with Gasteiger partial charge in [-0.15, -0.1) is 0 Å². The summed E-state index contributed by atoms with van der Waals surface area (Å²) < 4.78 is 0. The van der Waals surface area contributed by atoms with Crippen LogP contribution in [0.5, 0.6) is 0 Å². The molecule has 8 heteroatoms. The van der Waals surface area contributed by atoms with Crippen LogP contribution in [0.1, 0.15) is 57.3 Å². The molecule has 5 aromatic rings. The Morgan fingerprint density at radius 2 is 1.62 bits per heavy atom. The van der Waals surface area contributed by atoms with E-state index in [9.17, 15) is 0 Å². The molecule has 0 spiro atoms. The van der Waals surface area contributed by atoms with Crippen LogP contribution in [0, 0.1) is 11.8 Å². The van der Waals surface area contributed by atoms with Crippen molar-refractivity contribution in [3.63, 3.8) is 0 Å². The summed E-state index contributed by atoms with van der Waals surface area (Å²) in [5.74, 6) is 3.34. The fourth-order valence-electron chi connectivity index (χ4n) is 5.77. The van der Waals surface area contributed by atoms with Crippen LogP contribution < -0.4 is 10.6 Å². The van der Waals surface area contributed by atoms with Crippen LogP contribution in [0.2, 0.25) is 0 Å². The second-order valence-corrected chi connectivity index (χ2v) is 11.0. The number of nitrogens with zero attached hydrogens (tertiary/aromatic N) is 4. The first kappa shape index (κ1) is 22.6. The summed E-state index contributed by atoms with van der Waals surface area (Å²) in [7, 11) is 0. The molecule has 8 nitrogen and oxygen atoms in total. The monoisotopic (exact) mass is 492 g/mol. The molecule has 2 fully saturated rings. The first-order valence-electron chi connectivity index (χ1n) is 13.3. The number of aromatic amines is 2. The van der Waals surface area contributed by atoms with Gasteiger partial charge >= 0.3 is 0 Å². The molecule has 37 heavy (non-hydrogen) atoms. The van der Waals surface area contributed by atoms with Crippen LogP contribution in [0.25, 0.3) is 44.6 Å². The number of H-pyrrole nitrogens is 2. The van der Waals surface area contributed by atoms with Crippen molar-refractivity contribution in [3.05, 3.63) is 60.4 Å². The fraction of sp³-hybridized carbons (Fsp3) is 0.379. The lowest BCUT2D eigenvalue weighted by molar-refractivity contribution is 0.516. The van der Waals surface area contributed by atoms with Crippen molar-refractivity contribution in [2.24, 2.45) is 11.8 Å². The second kappa shape index (κ2) is 8.75. The van der Waals surface area contributed by atoms with Crippen molar-refractivity contribution in [2.75, 3.05) is 6.54 Å². The van der Waals surface area contributed by atoms with Gasteiger partial charge in [-0.25, -0.2) is 15.0 Å². The van der Waals surface area contributed by atoms with E-state index in [1.54, 1.807) is 0 Å². The minimum absolute atomic E-state index is 0.277. The Kier molecular flexibility index (Phi) is 5.33. The molecular formula is C29H32N8. The summed E-state index contributed by atoms with van der Waals surface area (Å²) in [6.07, 6.45) is 5.98. The third-order valence-corrected chi connectivity index (χ3v) is 8.18. The Balaban J connectivity index is 1.15. The fourth-order valence-corrected chi connectivity index (χ4v) is 5.77.